The second-order valence-corrected chi connectivity index (χ2v) is 9.07. The molecule has 7 heteroatoms. The predicted molar refractivity (Wildman–Crippen MR) is 136 cm³/mol. The van der Waals surface area contributed by atoms with Gasteiger partial charge in [0.1, 0.15) is 17.3 Å². The molecule has 2 atom stereocenters. The molecule has 2 aromatic heterocycles. The van der Waals surface area contributed by atoms with Crippen LogP contribution in [-0.4, -0.2) is 35.1 Å². The van der Waals surface area contributed by atoms with Gasteiger partial charge in [0.2, 0.25) is 5.95 Å². The quantitative estimate of drug-likeness (QED) is 0.389. The fraction of sp³-hybridized carbons (Fsp3) is 0.286. The number of nitrogens with zero attached hydrogens (tertiary/aromatic N) is 2. The molecule has 0 radical (unpaired) electrons. The highest BCUT2D eigenvalue weighted by atomic mass is 16.5. The molecule has 0 bridgehead atoms. The number of furan rings is 1. The minimum absolute atomic E-state index is 0.0453. The van der Waals surface area contributed by atoms with Gasteiger partial charge in [0.05, 0.1) is 12.8 Å². The lowest BCUT2D eigenvalue weighted by Gasteiger charge is -2.17. The monoisotopic (exact) mass is 470 g/mol. The van der Waals surface area contributed by atoms with Crippen LogP contribution in [0, 0.1) is 6.92 Å². The van der Waals surface area contributed by atoms with E-state index in [1.165, 1.54) is 5.56 Å². The van der Waals surface area contributed by atoms with Gasteiger partial charge in [-0.1, -0.05) is 42.5 Å². The van der Waals surface area contributed by atoms with E-state index >= 15 is 0 Å². The van der Waals surface area contributed by atoms with Crippen LogP contribution < -0.4 is 15.6 Å². The van der Waals surface area contributed by atoms with Crippen LogP contribution in [0.1, 0.15) is 40.2 Å². The van der Waals surface area contributed by atoms with Gasteiger partial charge < -0.3 is 14.5 Å². The van der Waals surface area contributed by atoms with E-state index in [1.807, 2.05) is 49.4 Å². The zero-order valence-corrected chi connectivity index (χ0v) is 20.0. The number of hydrogen-bond acceptors (Lipinski definition) is 6. The molecular weight excluding hydrogens is 440 g/mol. The van der Waals surface area contributed by atoms with Crippen molar-refractivity contribution in [1.82, 2.24) is 14.9 Å². The molecule has 0 aliphatic carbocycles. The van der Waals surface area contributed by atoms with E-state index in [0.717, 1.165) is 48.2 Å². The summed E-state index contributed by atoms with van der Waals surface area (Å²) in [5.74, 6) is 3.25. The first-order chi connectivity index (χ1) is 17.1. The van der Waals surface area contributed by atoms with Gasteiger partial charge in [-0.25, -0.2) is 4.98 Å². The van der Waals surface area contributed by atoms with Crippen molar-refractivity contribution >= 4 is 5.95 Å². The summed E-state index contributed by atoms with van der Waals surface area (Å²) >= 11 is 0. The molecular formula is C28H30N4O3. The van der Waals surface area contributed by atoms with Gasteiger partial charge in [0.25, 0.3) is 5.56 Å². The topological polar surface area (TPSA) is 83.4 Å². The molecule has 5 rings (SSSR count). The minimum Gasteiger partial charge on any atom is -0.497 e. The molecule has 1 aliphatic heterocycles. The maximum atomic E-state index is 12.6. The molecule has 1 aliphatic rings. The van der Waals surface area contributed by atoms with E-state index in [-0.39, 0.29) is 17.4 Å². The van der Waals surface area contributed by atoms with E-state index in [4.69, 9.17) is 14.1 Å². The first-order valence-electron chi connectivity index (χ1n) is 11.9. The second-order valence-electron chi connectivity index (χ2n) is 9.07. The van der Waals surface area contributed by atoms with Crippen LogP contribution in [0.4, 0.5) is 5.95 Å². The maximum absolute atomic E-state index is 12.6. The lowest BCUT2D eigenvalue weighted by atomic mass is 9.90. The zero-order valence-electron chi connectivity index (χ0n) is 20.0. The first-order valence-corrected chi connectivity index (χ1v) is 11.9. The molecule has 35 heavy (non-hydrogen) atoms. The summed E-state index contributed by atoms with van der Waals surface area (Å²) in [6.07, 6.45) is 0. The number of benzene rings is 2. The summed E-state index contributed by atoms with van der Waals surface area (Å²) in [6, 6.07) is 23.9. The second kappa shape index (κ2) is 10.2. The molecule has 7 nitrogen and oxygen atoms in total. The van der Waals surface area contributed by atoms with Crippen molar-refractivity contribution in [2.75, 3.05) is 25.5 Å². The molecule has 0 unspecified atom stereocenters. The number of nitrogens with one attached hydrogen (secondary N) is 2. The predicted octanol–water partition coefficient (Wildman–Crippen LogP) is 4.68. The van der Waals surface area contributed by atoms with Crippen molar-refractivity contribution in [3.63, 3.8) is 0 Å². The molecule has 0 spiro atoms. The van der Waals surface area contributed by atoms with Crippen LogP contribution in [0.2, 0.25) is 0 Å². The third kappa shape index (κ3) is 5.46. The third-order valence-electron chi connectivity index (χ3n) is 6.51. The minimum atomic E-state index is -0.168. The van der Waals surface area contributed by atoms with Gasteiger partial charge in [-0.3, -0.25) is 14.7 Å². The Kier molecular flexibility index (Phi) is 6.68. The van der Waals surface area contributed by atoms with E-state index in [1.54, 1.807) is 13.2 Å². The standard InChI is InChI=1S/C28H30N4O3/c1-19-11-12-26(35-19)24-18-32(16-20-7-4-3-5-8-20)17-23(24)25-14-27(33)31-28(30-25)29-15-21-9-6-10-22(13-21)34-2/h3-14,23-24H,15-18H2,1-2H3,(H2,29,30,31,33)/t23-,24-/m0/s1. The van der Waals surface area contributed by atoms with Gasteiger partial charge in [-0.05, 0) is 42.3 Å². The molecule has 1 fully saturated rings. The van der Waals surface area contributed by atoms with Crippen molar-refractivity contribution in [2.24, 2.45) is 0 Å². The van der Waals surface area contributed by atoms with Gasteiger partial charge >= 0.3 is 0 Å². The Labute approximate surface area is 204 Å². The lowest BCUT2D eigenvalue weighted by molar-refractivity contribution is 0.319. The smallest absolute Gasteiger partial charge is 0.252 e. The molecule has 180 valence electrons. The Morgan fingerprint density at radius 1 is 1.03 bits per heavy atom. The van der Waals surface area contributed by atoms with E-state index in [9.17, 15) is 4.79 Å². The lowest BCUT2D eigenvalue weighted by Crippen LogP contribution is -2.21. The summed E-state index contributed by atoms with van der Waals surface area (Å²) in [7, 11) is 1.65. The number of aromatic amines is 1. The normalized spacial score (nSPS) is 18.0. The number of rotatable bonds is 8. The highest BCUT2D eigenvalue weighted by Gasteiger charge is 2.38. The van der Waals surface area contributed by atoms with Crippen molar-refractivity contribution < 1.29 is 9.15 Å². The number of ether oxygens (including phenoxy) is 1. The molecule has 0 amide bonds. The summed E-state index contributed by atoms with van der Waals surface area (Å²) in [6.45, 7) is 4.97. The Morgan fingerprint density at radius 3 is 2.60 bits per heavy atom. The van der Waals surface area contributed by atoms with Crippen molar-refractivity contribution in [3.05, 3.63) is 111 Å². The average Bonchev–Trinajstić information content (AvgIpc) is 3.49. The summed E-state index contributed by atoms with van der Waals surface area (Å²) in [5, 5.41) is 3.27. The number of likely N-dealkylation sites (tertiary alicyclic amines) is 1. The van der Waals surface area contributed by atoms with Crippen LogP contribution in [0.3, 0.4) is 0 Å². The average molecular weight is 471 g/mol. The van der Waals surface area contributed by atoms with Crippen LogP contribution in [0.15, 0.2) is 82.0 Å². The SMILES string of the molecule is COc1cccc(CNc2nc([C@H]3CN(Cc4ccccc4)C[C@@H]3c3ccc(C)o3)cc(=O)[nH]2)c1. The Morgan fingerprint density at radius 2 is 1.83 bits per heavy atom. The Bertz CT molecular complexity index is 1330. The highest BCUT2D eigenvalue weighted by molar-refractivity contribution is 5.34. The number of aromatic nitrogens is 2. The van der Waals surface area contributed by atoms with E-state index in [2.05, 4.69) is 39.5 Å². The summed E-state index contributed by atoms with van der Waals surface area (Å²) in [4.78, 5) is 22.7. The van der Waals surface area contributed by atoms with Gasteiger partial charge in [0, 0.05) is 44.1 Å². The molecule has 0 saturated carbocycles. The molecule has 1 saturated heterocycles. The Balaban J connectivity index is 1.39. The van der Waals surface area contributed by atoms with E-state index < -0.39 is 0 Å². The van der Waals surface area contributed by atoms with Gasteiger partial charge in [-0.2, -0.15) is 0 Å². The highest BCUT2D eigenvalue weighted by Crippen LogP contribution is 2.40. The van der Waals surface area contributed by atoms with Crippen molar-refractivity contribution in [1.29, 1.82) is 0 Å². The summed E-state index contributed by atoms with van der Waals surface area (Å²) in [5.41, 5.74) is 2.91. The number of aryl methyl sites for hydroxylation is 1. The number of H-pyrrole nitrogens is 1. The zero-order chi connectivity index (χ0) is 24.2. The number of anilines is 1. The molecule has 4 aromatic rings. The Hall–Kier alpha value is -3.84. The first kappa shape index (κ1) is 22.9. The van der Waals surface area contributed by atoms with Gasteiger partial charge in [-0.15, -0.1) is 0 Å². The van der Waals surface area contributed by atoms with E-state index in [0.29, 0.717) is 12.5 Å². The maximum Gasteiger partial charge on any atom is 0.252 e. The third-order valence-corrected chi connectivity index (χ3v) is 6.51. The van der Waals surface area contributed by atoms with Gasteiger partial charge in [0.15, 0.2) is 0 Å². The molecule has 3 heterocycles. The van der Waals surface area contributed by atoms with Crippen LogP contribution >= 0.6 is 0 Å². The van der Waals surface area contributed by atoms with Crippen LogP contribution in [0.5, 0.6) is 5.75 Å². The largest absolute Gasteiger partial charge is 0.497 e. The fourth-order valence-electron chi connectivity index (χ4n) is 4.81. The molecule has 2 N–H and O–H groups in total. The number of hydrogen-bond donors (Lipinski definition) is 2. The van der Waals surface area contributed by atoms with Crippen LogP contribution in [0.25, 0.3) is 0 Å². The van der Waals surface area contributed by atoms with Crippen molar-refractivity contribution in [2.45, 2.75) is 31.8 Å². The van der Waals surface area contributed by atoms with Crippen molar-refractivity contribution in [3.8, 4) is 5.75 Å². The summed E-state index contributed by atoms with van der Waals surface area (Å²) < 4.78 is 11.3. The fourth-order valence-corrected chi connectivity index (χ4v) is 4.81. The van der Waals surface area contributed by atoms with Crippen LogP contribution in [-0.2, 0) is 13.1 Å². The number of methoxy groups -OCH3 is 1. The molecule has 2 aromatic carbocycles.